The lowest BCUT2D eigenvalue weighted by Crippen LogP contribution is -2.00. The van der Waals surface area contributed by atoms with E-state index in [1.807, 2.05) is 72.8 Å². The Morgan fingerprint density at radius 2 is 0.722 bits per heavy atom. The van der Waals surface area contributed by atoms with Gasteiger partial charge in [-0.1, -0.05) is 103 Å². The van der Waals surface area contributed by atoms with E-state index in [9.17, 15) is 0 Å². The Labute approximate surface area is 209 Å². The first-order valence-electron chi connectivity index (χ1n) is 11.7. The van der Waals surface area contributed by atoms with Gasteiger partial charge in [-0.3, -0.25) is 0 Å². The summed E-state index contributed by atoms with van der Waals surface area (Å²) in [6, 6.07) is 38.4. The largest absolute Gasteiger partial charge is 0.237 e. The monoisotopic (exact) mass is 463 g/mol. The van der Waals surface area contributed by atoms with Crippen molar-refractivity contribution in [2.45, 2.75) is 0 Å². The van der Waals surface area contributed by atoms with Crippen molar-refractivity contribution >= 4 is 0 Å². The number of rotatable bonds is 5. The molecule has 0 unspecified atom stereocenters. The van der Waals surface area contributed by atoms with Crippen molar-refractivity contribution in [2.75, 3.05) is 0 Å². The van der Waals surface area contributed by atoms with Crippen LogP contribution in [-0.4, -0.2) is 24.9 Å². The summed E-state index contributed by atoms with van der Waals surface area (Å²) < 4.78 is 0. The van der Waals surface area contributed by atoms with Crippen LogP contribution in [0.3, 0.4) is 0 Å². The highest BCUT2D eigenvalue weighted by molar-refractivity contribution is 5.72. The molecule has 4 aromatic carbocycles. The molecule has 5 heteroatoms. The average molecular weight is 464 g/mol. The average Bonchev–Trinajstić information content (AvgIpc) is 2.98. The number of aromatic nitrogens is 5. The standard InChI is InChI=1S/C31H21N5/c1-3-9-22(10-4-1)23-15-17-25(18-16-23)30-34-29(24-11-5-2-6-12-24)35-31(36-30)27-14-7-13-26(21-27)28-32-19-8-20-33-28/h1-21H. The molecule has 2 aromatic heterocycles. The van der Waals surface area contributed by atoms with E-state index in [0.717, 1.165) is 27.8 Å². The molecule has 0 atom stereocenters. The van der Waals surface area contributed by atoms with Crippen LogP contribution < -0.4 is 0 Å². The van der Waals surface area contributed by atoms with Crippen LogP contribution in [0.2, 0.25) is 0 Å². The van der Waals surface area contributed by atoms with Crippen LogP contribution in [0.15, 0.2) is 128 Å². The SMILES string of the molecule is c1ccc(-c2ccc(-c3nc(-c4ccccc4)nc(-c4cccc(-c5ncccn5)c4)n3)cc2)cc1. The van der Waals surface area contributed by atoms with E-state index in [0.29, 0.717) is 23.3 Å². The van der Waals surface area contributed by atoms with Crippen molar-refractivity contribution in [3.8, 4) is 56.7 Å². The second-order valence-corrected chi connectivity index (χ2v) is 8.27. The van der Waals surface area contributed by atoms with Gasteiger partial charge < -0.3 is 0 Å². The molecule has 0 fully saturated rings. The van der Waals surface area contributed by atoms with Crippen LogP contribution in [0.25, 0.3) is 56.7 Å². The first-order chi connectivity index (χ1) is 17.8. The van der Waals surface area contributed by atoms with Crippen molar-refractivity contribution in [1.82, 2.24) is 24.9 Å². The first kappa shape index (κ1) is 21.5. The Kier molecular flexibility index (Phi) is 5.78. The molecule has 0 spiro atoms. The van der Waals surface area contributed by atoms with Crippen LogP contribution in [0.1, 0.15) is 0 Å². The molecule has 5 nitrogen and oxygen atoms in total. The smallest absolute Gasteiger partial charge is 0.164 e. The van der Waals surface area contributed by atoms with E-state index < -0.39 is 0 Å². The Bertz CT molecular complexity index is 1600. The van der Waals surface area contributed by atoms with E-state index in [-0.39, 0.29) is 0 Å². The van der Waals surface area contributed by atoms with Crippen LogP contribution in [-0.2, 0) is 0 Å². The lowest BCUT2D eigenvalue weighted by molar-refractivity contribution is 1.07. The third-order valence-electron chi connectivity index (χ3n) is 5.86. The van der Waals surface area contributed by atoms with Crippen LogP contribution in [0.5, 0.6) is 0 Å². The maximum absolute atomic E-state index is 4.87. The van der Waals surface area contributed by atoms with Gasteiger partial charge in [-0.05, 0) is 23.3 Å². The number of hydrogen-bond donors (Lipinski definition) is 0. The van der Waals surface area contributed by atoms with Crippen molar-refractivity contribution in [3.05, 3.63) is 128 Å². The van der Waals surface area contributed by atoms with E-state index in [2.05, 4.69) is 46.4 Å². The molecular formula is C31H21N5. The van der Waals surface area contributed by atoms with Crippen molar-refractivity contribution < 1.29 is 0 Å². The molecule has 0 saturated heterocycles. The Morgan fingerprint density at radius 3 is 1.33 bits per heavy atom. The molecule has 6 aromatic rings. The molecule has 0 saturated carbocycles. The summed E-state index contributed by atoms with van der Waals surface area (Å²) in [5.41, 5.74) is 5.96. The van der Waals surface area contributed by atoms with Gasteiger partial charge >= 0.3 is 0 Å². The van der Waals surface area contributed by atoms with Crippen molar-refractivity contribution in [3.63, 3.8) is 0 Å². The zero-order chi connectivity index (χ0) is 24.2. The van der Waals surface area contributed by atoms with E-state index in [1.54, 1.807) is 18.5 Å². The second kappa shape index (κ2) is 9.68. The molecule has 0 aliphatic heterocycles. The molecule has 0 aliphatic carbocycles. The van der Waals surface area contributed by atoms with Crippen LogP contribution >= 0.6 is 0 Å². The highest BCUT2D eigenvalue weighted by atomic mass is 15.0. The Balaban J connectivity index is 1.45. The number of benzene rings is 4. The van der Waals surface area contributed by atoms with Gasteiger partial charge in [0.1, 0.15) is 0 Å². The summed E-state index contributed by atoms with van der Waals surface area (Å²) in [6.45, 7) is 0. The first-order valence-corrected chi connectivity index (χ1v) is 11.7. The Hall–Kier alpha value is -5.03. The van der Waals surface area contributed by atoms with E-state index >= 15 is 0 Å². The molecule has 170 valence electrons. The molecule has 36 heavy (non-hydrogen) atoms. The quantitative estimate of drug-likeness (QED) is 0.275. The van der Waals surface area contributed by atoms with Gasteiger partial charge in [0.25, 0.3) is 0 Å². The molecule has 0 radical (unpaired) electrons. The highest BCUT2D eigenvalue weighted by Gasteiger charge is 2.13. The molecule has 0 aliphatic rings. The Morgan fingerprint density at radius 1 is 0.306 bits per heavy atom. The minimum Gasteiger partial charge on any atom is -0.237 e. The topological polar surface area (TPSA) is 64.5 Å². The molecule has 0 bridgehead atoms. The van der Waals surface area contributed by atoms with Crippen LogP contribution in [0, 0.1) is 0 Å². The highest BCUT2D eigenvalue weighted by Crippen LogP contribution is 2.28. The van der Waals surface area contributed by atoms with Gasteiger partial charge in [0, 0.05) is 34.6 Å². The van der Waals surface area contributed by atoms with Gasteiger partial charge in [0.2, 0.25) is 0 Å². The fourth-order valence-electron chi connectivity index (χ4n) is 4.04. The summed E-state index contributed by atoms with van der Waals surface area (Å²) in [6.07, 6.45) is 3.48. The van der Waals surface area contributed by atoms with Gasteiger partial charge in [-0.2, -0.15) is 0 Å². The summed E-state index contributed by atoms with van der Waals surface area (Å²) in [5.74, 6) is 2.51. The lowest BCUT2D eigenvalue weighted by atomic mass is 10.0. The number of nitrogens with zero attached hydrogens (tertiary/aromatic N) is 5. The summed E-state index contributed by atoms with van der Waals surface area (Å²) in [4.78, 5) is 23.3. The predicted molar refractivity (Wildman–Crippen MR) is 143 cm³/mol. The summed E-state index contributed by atoms with van der Waals surface area (Å²) >= 11 is 0. The van der Waals surface area contributed by atoms with Crippen molar-refractivity contribution in [2.24, 2.45) is 0 Å². The molecule has 6 rings (SSSR count). The zero-order valence-electron chi connectivity index (χ0n) is 19.4. The van der Waals surface area contributed by atoms with E-state index in [4.69, 9.17) is 15.0 Å². The zero-order valence-corrected chi connectivity index (χ0v) is 19.4. The third kappa shape index (κ3) is 4.50. The summed E-state index contributed by atoms with van der Waals surface area (Å²) in [5, 5.41) is 0. The molecular weight excluding hydrogens is 442 g/mol. The minimum atomic E-state index is 0.601. The summed E-state index contributed by atoms with van der Waals surface area (Å²) in [7, 11) is 0. The second-order valence-electron chi connectivity index (χ2n) is 8.27. The lowest BCUT2D eigenvalue weighted by Gasteiger charge is -2.10. The minimum absolute atomic E-state index is 0.601. The third-order valence-corrected chi connectivity index (χ3v) is 5.86. The molecule has 2 heterocycles. The predicted octanol–water partition coefficient (Wildman–Crippen LogP) is 7.00. The molecule has 0 amide bonds. The number of hydrogen-bond acceptors (Lipinski definition) is 5. The van der Waals surface area contributed by atoms with Gasteiger partial charge in [0.05, 0.1) is 0 Å². The molecule has 0 N–H and O–H groups in total. The van der Waals surface area contributed by atoms with Crippen molar-refractivity contribution in [1.29, 1.82) is 0 Å². The maximum Gasteiger partial charge on any atom is 0.164 e. The fourth-order valence-corrected chi connectivity index (χ4v) is 4.04. The van der Waals surface area contributed by atoms with Gasteiger partial charge in [-0.15, -0.1) is 0 Å². The fraction of sp³-hybridized carbons (Fsp3) is 0. The van der Waals surface area contributed by atoms with Crippen LogP contribution in [0.4, 0.5) is 0 Å². The van der Waals surface area contributed by atoms with Gasteiger partial charge in [0.15, 0.2) is 23.3 Å². The van der Waals surface area contributed by atoms with Gasteiger partial charge in [-0.25, -0.2) is 24.9 Å². The normalized spacial score (nSPS) is 10.8. The van der Waals surface area contributed by atoms with E-state index in [1.165, 1.54) is 5.56 Å². The maximum atomic E-state index is 4.87.